The van der Waals surface area contributed by atoms with E-state index >= 15 is 0 Å². The van der Waals surface area contributed by atoms with Gasteiger partial charge >= 0.3 is 0 Å². The van der Waals surface area contributed by atoms with Gasteiger partial charge in [0, 0.05) is 37.2 Å². The third-order valence-electron chi connectivity index (χ3n) is 4.92. The molecule has 1 aromatic heterocycles. The van der Waals surface area contributed by atoms with Crippen LogP contribution in [0.4, 0.5) is 0 Å². The fraction of sp³-hybridized carbons (Fsp3) is 0.304. The molecule has 0 aliphatic carbocycles. The smallest absolute Gasteiger partial charge is 0.255 e. The summed E-state index contributed by atoms with van der Waals surface area (Å²) in [6.45, 7) is 3.39. The number of nitrogens with one attached hydrogen (secondary N) is 3. The zero-order chi connectivity index (χ0) is 21.3. The number of aromatic amines is 1. The van der Waals surface area contributed by atoms with Crippen LogP contribution in [0.1, 0.15) is 23.6 Å². The number of carbonyl (C=O) groups is 1. The third kappa shape index (κ3) is 6.88. The highest BCUT2D eigenvalue weighted by atomic mass is 127. The van der Waals surface area contributed by atoms with E-state index in [1.54, 1.807) is 13.1 Å². The van der Waals surface area contributed by atoms with Crippen LogP contribution in [-0.4, -0.2) is 37.1 Å². The fourth-order valence-corrected chi connectivity index (χ4v) is 3.40. The fourth-order valence-electron chi connectivity index (χ4n) is 3.40. The van der Waals surface area contributed by atoms with Gasteiger partial charge in [-0.1, -0.05) is 37.3 Å². The van der Waals surface area contributed by atoms with Gasteiger partial charge in [0.05, 0.1) is 0 Å². The van der Waals surface area contributed by atoms with Gasteiger partial charge in [-0.15, -0.1) is 24.0 Å². The Hall–Kier alpha value is -2.75. The number of nitrogens with zero attached hydrogens (tertiary/aromatic N) is 1. The van der Waals surface area contributed by atoms with Gasteiger partial charge in [-0.3, -0.25) is 9.79 Å². The van der Waals surface area contributed by atoms with E-state index in [-0.39, 0.29) is 30.6 Å². The topological polar surface area (TPSA) is 105 Å². The van der Waals surface area contributed by atoms with Crippen molar-refractivity contribution in [2.24, 2.45) is 10.7 Å². The molecule has 0 bridgehead atoms. The number of aryl methyl sites for hydroxylation is 1. The van der Waals surface area contributed by atoms with Crippen LogP contribution in [0, 0.1) is 0 Å². The van der Waals surface area contributed by atoms with Gasteiger partial charge < -0.3 is 26.1 Å². The minimum Gasteiger partial charge on any atom is -0.484 e. The van der Waals surface area contributed by atoms with Crippen molar-refractivity contribution in [3.05, 3.63) is 65.4 Å². The molecule has 2 aromatic carbocycles. The number of benzene rings is 2. The first-order chi connectivity index (χ1) is 14.6. The van der Waals surface area contributed by atoms with E-state index in [2.05, 4.69) is 51.9 Å². The third-order valence-corrected chi connectivity index (χ3v) is 4.92. The first-order valence-electron chi connectivity index (χ1n) is 10.1. The van der Waals surface area contributed by atoms with Crippen molar-refractivity contribution in [3.8, 4) is 5.75 Å². The number of nitrogens with two attached hydrogens (primary N) is 1. The van der Waals surface area contributed by atoms with Gasteiger partial charge in [-0.25, -0.2) is 0 Å². The second-order valence-corrected chi connectivity index (χ2v) is 7.01. The molecule has 0 unspecified atom stereocenters. The number of primary amides is 1. The van der Waals surface area contributed by atoms with Crippen molar-refractivity contribution >= 4 is 46.7 Å². The van der Waals surface area contributed by atoms with E-state index in [9.17, 15) is 4.79 Å². The highest BCUT2D eigenvalue weighted by Gasteiger charge is 2.07. The summed E-state index contributed by atoms with van der Waals surface area (Å²) in [5, 5.41) is 7.94. The standard InChI is InChI=1S/C23H29N5O2.HI/c1-3-17-7-5-9-20-18(14-27-22(17)20)10-11-26-23(25-2)28-13-16-6-4-8-19(12-16)30-15-21(24)29;/h4-9,12,14,27H,3,10-11,13,15H2,1-2H3,(H2,24,29)(H2,25,26,28);1H. The Morgan fingerprint density at radius 3 is 2.71 bits per heavy atom. The van der Waals surface area contributed by atoms with E-state index in [1.165, 1.54) is 22.0 Å². The Balaban J connectivity index is 0.00000341. The van der Waals surface area contributed by atoms with Crippen molar-refractivity contribution < 1.29 is 9.53 Å². The van der Waals surface area contributed by atoms with Crippen molar-refractivity contribution in [2.75, 3.05) is 20.2 Å². The van der Waals surface area contributed by atoms with Crippen LogP contribution >= 0.6 is 24.0 Å². The SMILES string of the molecule is CCc1cccc2c(CCNC(=NC)NCc3cccc(OCC(N)=O)c3)c[nH]c12.I. The summed E-state index contributed by atoms with van der Waals surface area (Å²) >= 11 is 0. The van der Waals surface area contributed by atoms with Crippen LogP contribution in [0.2, 0.25) is 0 Å². The van der Waals surface area contributed by atoms with Gasteiger partial charge in [0.1, 0.15) is 5.75 Å². The molecule has 0 atom stereocenters. The number of H-pyrrole nitrogens is 1. The Labute approximate surface area is 199 Å². The average Bonchev–Trinajstić information content (AvgIpc) is 3.18. The van der Waals surface area contributed by atoms with Gasteiger partial charge in [-0.2, -0.15) is 0 Å². The van der Waals surface area contributed by atoms with Crippen molar-refractivity contribution in [3.63, 3.8) is 0 Å². The van der Waals surface area contributed by atoms with Crippen LogP contribution < -0.4 is 21.1 Å². The second kappa shape index (κ2) is 12.2. The first kappa shape index (κ1) is 24.5. The largest absolute Gasteiger partial charge is 0.484 e. The van der Waals surface area contributed by atoms with E-state index < -0.39 is 5.91 Å². The van der Waals surface area contributed by atoms with Crippen molar-refractivity contribution in [2.45, 2.75) is 26.3 Å². The highest BCUT2D eigenvalue weighted by molar-refractivity contribution is 14.0. The van der Waals surface area contributed by atoms with Crippen LogP contribution in [0.25, 0.3) is 10.9 Å². The van der Waals surface area contributed by atoms with Gasteiger partial charge in [0.15, 0.2) is 12.6 Å². The minimum absolute atomic E-state index is 0. The number of para-hydroxylation sites is 1. The quantitative estimate of drug-likeness (QED) is 0.192. The minimum atomic E-state index is -0.496. The molecular weight excluding hydrogens is 505 g/mol. The first-order valence-corrected chi connectivity index (χ1v) is 10.1. The average molecular weight is 535 g/mol. The Morgan fingerprint density at radius 2 is 1.97 bits per heavy atom. The molecule has 0 spiro atoms. The molecule has 0 fully saturated rings. The summed E-state index contributed by atoms with van der Waals surface area (Å²) < 4.78 is 5.35. The number of rotatable bonds is 9. The van der Waals surface area contributed by atoms with Gasteiger partial charge in [0.25, 0.3) is 5.91 Å². The summed E-state index contributed by atoms with van der Waals surface area (Å²) in [6, 6.07) is 14.0. The predicted molar refractivity (Wildman–Crippen MR) is 136 cm³/mol. The van der Waals surface area contributed by atoms with Crippen molar-refractivity contribution in [1.82, 2.24) is 15.6 Å². The van der Waals surface area contributed by atoms with Crippen LogP contribution in [0.15, 0.2) is 53.7 Å². The molecule has 3 rings (SSSR count). The number of amides is 1. The monoisotopic (exact) mass is 535 g/mol. The molecule has 31 heavy (non-hydrogen) atoms. The molecule has 1 amide bonds. The molecule has 7 nitrogen and oxygen atoms in total. The lowest BCUT2D eigenvalue weighted by Crippen LogP contribution is -2.37. The number of hydrogen-bond donors (Lipinski definition) is 4. The number of guanidine groups is 1. The Bertz CT molecular complexity index is 1030. The van der Waals surface area contributed by atoms with E-state index in [1.807, 2.05) is 18.2 Å². The maximum atomic E-state index is 10.9. The van der Waals surface area contributed by atoms with E-state index in [0.717, 1.165) is 30.9 Å². The summed E-state index contributed by atoms with van der Waals surface area (Å²) in [5.41, 5.74) is 10.0. The predicted octanol–water partition coefficient (Wildman–Crippen LogP) is 3.12. The van der Waals surface area contributed by atoms with Crippen LogP contribution in [-0.2, 0) is 24.2 Å². The Kier molecular flexibility index (Phi) is 9.64. The summed E-state index contributed by atoms with van der Waals surface area (Å²) in [5.74, 6) is 0.846. The van der Waals surface area contributed by atoms with Gasteiger partial charge in [0.2, 0.25) is 0 Å². The number of aliphatic imine (C=N–C) groups is 1. The normalized spacial score (nSPS) is 11.1. The molecule has 3 aromatic rings. The maximum absolute atomic E-state index is 10.9. The lowest BCUT2D eigenvalue weighted by atomic mass is 10.1. The maximum Gasteiger partial charge on any atom is 0.255 e. The highest BCUT2D eigenvalue weighted by Crippen LogP contribution is 2.22. The number of halogens is 1. The molecule has 5 N–H and O–H groups in total. The molecule has 8 heteroatoms. The van der Waals surface area contributed by atoms with E-state index in [4.69, 9.17) is 10.5 Å². The van der Waals surface area contributed by atoms with Crippen LogP contribution in [0.3, 0.4) is 0 Å². The molecule has 1 heterocycles. The number of ether oxygens (including phenoxy) is 1. The lowest BCUT2D eigenvalue weighted by molar-refractivity contribution is -0.119. The van der Waals surface area contributed by atoms with Crippen LogP contribution in [0.5, 0.6) is 5.75 Å². The molecule has 0 aliphatic rings. The molecule has 0 aliphatic heterocycles. The molecule has 166 valence electrons. The summed E-state index contributed by atoms with van der Waals surface area (Å²) in [7, 11) is 1.75. The summed E-state index contributed by atoms with van der Waals surface area (Å²) in [4.78, 5) is 18.6. The second-order valence-electron chi connectivity index (χ2n) is 7.01. The number of carbonyl (C=O) groups excluding carboxylic acids is 1. The Morgan fingerprint density at radius 1 is 1.16 bits per heavy atom. The van der Waals surface area contributed by atoms with Crippen molar-refractivity contribution in [1.29, 1.82) is 0 Å². The molecule has 0 saturated heterocycles. The zero-order valence-electron chi connectivity index (χ0n) is 17.9. The number of aromatic nitrogens is 1. The number of fused-ring (bicyclic) bond motifs is 1. The lowest BCUT2D eigenvalue weighted by Gasteiger charge is -2.12. The molecular formula is C23H30IN5O2. The zero-order valence-corrected chi connectivity index (χ0v) is 20.2. The molecule has 0 saturated carbocycles. The number of hydrogen-bond acceptors (Lipinski definition) is 3. The van der Waals surface area contributed by atoms with E-state index in [0.29, 0.717) is 12.3 Å². The van der Waals surface area contributed by atoms with Gasteiger partial charge in [-0.05, 0) is 41.7 Å². The molecule has 0 radical (unpaired) electrons. The summed E-state index contributed by atoms with van der Waals surface area (Å²) in [6.07, 6.45) is 4.00.